The Balaban J connectivity index is 0.000000162. The predicted octanol–water partition coefficient (Wildman–Crippen LogP) is 1.95. The minimum atomic E-state index is 1.60. The van der Waals surface area contributed by atoms with Crippen LogP contribution in [0, 0.1) is 0 Å². The SMILES string of the molecule is C=C.c1cscn1. The first-order valence-corrected chi connectivity index (χ1v) is 2.76. The molecule has 0 saturated heterocycles. The first kappa shape index (κ1) is 6.37. The van der Waals surface area contributed by atoms with Crippen LogP contribution >= 0.6 is 11.3 Å². The number of hydrogen-bond donors (Lipinski definition) is 0. The average Bonchev–Trinajstić information content (AvgIpc) is 2.23. The van der Waals surface area contributed by atoms with E-state index in [0.717, 1.165) is 0 Å². The van der Waals surface area contributed by atoms with Crippen LogP contribution in [0.2, 0.25) is 0 Å². The van der Waals surface area contributed by atoms with Crippen molar-refractivity contribution in [1.29, 1.82) is 0 Å². The van der Waals surface area contributed by atoms with E-state index in [9.17, 15) is 0 Å². The summed E-state index contributed by atoms with van der Waals surface area (Å²) >= 11 is 1.60. The fourth-order valence-electron chi connectivity index (χ4n) is 0.176. The molecule has 0 aliphatic rings. The Morgan fingerprint density at radius 3 is 2.29 bits per heavy atom. The molecule has 1 nitrogen and oxygen atoms in total. The van der Waals surface area contributed by atoms with Crippen molar-refractivity contribution in [2.75, 3.05) is 0 Å². The van der Waals surface area contributed by atoms with Gasteiger partial charge in [0.15, 0.2) is 0 Å². The minimum absolute atomic E-state index is 1.60. The molecule has 0 radical (unpaired) electrons. The third-order valence-electron chi connectivity index (χ3n) is 0.347. The summed E-state index contributed by atoms with van der Waals surface area (Å²) in [6, 6.07) is 0. The lowest BCUT2D eigenvalue weighted by atomic mass is 11.0. The Morgan fingerprint density at radius 2 is 2.14 bits per heavy atom. The topological polar surface area (TPSA) is 12.9 Å². The van der Waals surface area contributed by atoms with Crippen LogP contribution in [0.4, 0.5) is 0 Å². The lowest BCUT2D eigenvalue weighted by Crippen LogP contribution is -1.38. The van der Waals surface area contributed by atoms with E-state index in [4.69, 9.17) is 0 Å². The Kier molecular flexibility index (Phi) is 4.89. The summed E-state index contributed by atoms with van der Waals surface area (Å²) in [5, 5.41) is 1.93. The van der Waals surface area contributed by atoms with Gasteiger partial charge in [0.25, 0.3) is 0 Å². The highest BCUT2D eigenvalue weighted by Crippen LogP contribution is 1.85. The quantitative estimate of drug-likeness (QED) is 0.468. The molecule has 0 aliphatic carbocycles. The fraction of sp³-hybridized carbons (Fsp3) is 0. The van der Waals surface area contributed by atoms with Crippen molar-refractivity contribution in [2.24, 2.45) is 0 Å². The highest BCUT2D eigenvalue weighted by atomic mass is 32.1. The molecule has 0 N–H and O–H groups in total. The summed E-state index contributed by atoms with van der Waals surface area (Å²) < 4.78 is 0. The van der Waals surface area contributed by atoms with E-state index in [2.05, 4.69) is 18.1 Å². The molecule has 0 atom stereocenters. The maximum atomic E-state index is 3.74. The highest BCUT2D eigenvalue weighted by molar-refractivity contribution is 7.07. The van der Waals surface area contributed by atoms with Crippen LogP contribution in [0.25, 0.3) is 0 Å². The average molecular weight is 113 g/mol. The van der Waals surface area contributed by atoms with Crippen molar-refractivity contribution >= 4 is 11.3 Å². The Bertz CT molecular complexity index is 75.0. The molecule has 0 aliphatic heterocycles. The van der Waals surface area contributed by atoms with E-state index < -0.39 is 0 Å². The molecule has 38 valence electrons. The molecule has 0 saturated carbocycles. The lowest BCUT2D eigenvalue weighted by molar-refractivity contribution is 1.43. The highest BCUT2D eigenvalue weighted by Gasteiger charge is 1.59. The van der Waals surface area contributed by atoms with Gasteiger partial charge in [0.2, 0.25) is 0 Å². The third kappa shape index (κ3) is 3.19. The zero-order chi connectivity index (χ0) is 5.54. The lowest BCUT2D eigenvalue weighted by Gasteiger charge is -1.41. The molecule has 7 heavy (non-hydrogen) atoms. The second kappa shape index (κ2) is 5.37. The van der Waals surface area contributed by atoms with Crippen LogP contribution in [-0.4, -0.2) is 4.98 Å². The number of rotatable bonds is 0. The van der Waals surface area contributed by atoms with E-state index in [0.29, 0.717) is 0 Å². The number of hydrogen-bond acceptors (Lipinski definition) is 2. The largest absolute Gasteiger partial charge is 0.253 e. The summed E-state index contributed by atoms with van der Waals surface area (Å²) in [7, 11) is 0. The van der Waals surface area contributed by atoms with Crippen LogP contribution in [0.3, 0.4) is 0 Å². The molecule has 1 aromatic heterocycles. The molecule has 1 rings (SSSR count). The summed E-state index contributed by atoms with van der Waals surface area (Å²) in [4.78, 5) is 3.74. The van der Waals surface area contributed by atoms with Gasteiger partial charge in [0, 0.05) is 11.6 Å². The monoisotopic (exact) mass is 113 g/mol. The first-order chi connectivity index (χ1) is 3.50. The fourth-order valence-corrected chi connectivity index (χ4v) is 0.527. The summed E-state index contributed by atoms with van der Waals surface area (Å²) in [5.41, 5.74) is 1.79. The Labute approximate surface area is 47.3 Å². The second-order valence-corrected chi connectivity index (χ2v) is 1.43. The van der Waals surface area contributed by atoms with E-state index in [1.807, 2.05) is 5.38 Å². The Morgan fingerprint density at radius 1 is 1.43 bits per heavy atom. The van der Waals surface area contributed by atoms with E-state index in [-0.39, 0.29) is 0 Å². The van der Waals surface area contributed by atoms with Gasteiger partial charge in [0.05, 0.1) is 5.51 Å². The number of nitrogens with zero attached hydrogens (tertiary/aromatic N) is 1. The molecule has 0 spiro atoms. The standard InChI is InChI=1S/C3H3NS.C2H4/c1-2-5-3-4-1;1-2/h1-3H;1-2H2. The zero-order valence-electron chi connectivity index (χ0n) is 4.00. The van der Waals surface area contributed by atoms with Gasteiger partial charge < -0.3 is 0 Å². The number of thiazole rings is 1. The van der Waals surface area contributed by atoms with Gasteiger partial charge in [-0.05, 0) is 0 Å². The molecule has 1 heterocycles. The molecular weight excluding hydrogens is 106 g/mol. The van der Waals surface area contributed by atoms with Gasteiger partial charge in [-0.3, -0.25) is 4.98 Å². The molecule has 0 unspecified atom stereocenters. The van der Waals surface area contributed by atoms with Gasteiger partial charge in [-0.25, -0.2) is 0 Å². The van der Waals surface area contributed by atoms with Crippen LogP contribution < -0.4 is 0 Å². The van der Waals surface area contributed by atoms with Crippen molar-refractivity contribution in [2.45, 2.75) is 0 Å². The maximum absolute atomic E-state index is 3.74. The van der Waals surface area contributed by atoms with Gasteiger partial charge in [0.1, 0.15) is 0 Å². The molecule has 0 amide bonds. The maximum Gasteiger partial charge on any atom is 0.0791 e. The third-order valence-corrected chi connectivity index (χ3v) is 0.869. The van der Waals surface area contributed by atoms with Crippen molar-refractivity contribution in [3.63, 3.8) is 0 Å². The van der Waals surface area contributed by atoms with Crippen molar-refractivity contribution in [3.05, 3.63) is 30.2 Å². The van der Waals surface area contributed by atoms with Crippen molar-refractivity contribution in [3.8, 4) is 0 Å². The van der Waals surface area contributed by atoms with Crippen LogP contribution in [-0.2, 0) is 0 Å². The molecular formula is C5H7NS. The van der Waals surface area contributed by atoms with Crippen molar-refractivity contribution in [1.82, 2.24) is 4.98 Å². The normalized spacial score (nSPS) is 6.29. The summed E-state index contributed by atoms with van der Waals surface area (Å²) in [5.74, 6) is 0. The summed E-state index contributed by atoms with van der Waals surface area (Å²) in [6.45, 7) is 6.00. The molecule has 1 aromatic rings. The molecule has 0 bridgehead atoms. The van der Waals surface area contributed by atoms with Gasteiger partial charge in [-0.15, -0.1) is 24.5 Å². The zero-order valence-corrected chi connectivity index (χ0v) is 4.82. The van der Waals surface area contributed by atoms with Crippen LogP contribution in [0.5, 0.6) is 0 Å². The molecule has 2 heteroatoms. The minimum Gasteiger partial charge on any atom is -0.253 e. The second-order valence-electron chi connectivity index (χ2n) is 0.676. The van der Waals surface area contributed by atoms with Crippen LogP contribution in [0.1, 0.15) is 0 Å². The van der Waals surface area contributed by atoms with Gasteiger partial charge in [-0.2, -0.15) is 0 Å². The first-order valence-electron chi connectivity index (χ1n) is 1.82. The van der Waals surface area contributed by atoms with E-state index in [1.54, 1.807) is 23.0 Å². The van der Waals surface area contributed by atoms with Crippen molar-refractivity contribution < 1.29 is 0 Å². The van der Waals surface area contributed by atoms with Crippen LogP contribution in [0.15, 0.2) is 30.2 Å². The Hall–Kier alpha value is -0.630. The number of aromatic nitrogens is 1. The summed E-state index contributed by atoms with van der Waals surface area (Å²) in [6.07, 6.45) is 1.77. The molecule has 0 aromatic carbocycles. The molecule has 0 fully saturated rings. The van der Waals surface area contributed by atoms with E-state index in [1.165, 1.54) is 0 Å². The smallest absolute Gasteiger partial charge is 0.0791 e. The van der Waals surface area contributed by atoms with Gasteiger partial charge in [-0.1, -0.05) is 0 Å². The predicted molar refractivity (Wildman–Crippen MR) is 33.4 cm³/mol. The van der Waals surface area contributed by atoms with Gasteiger partial charge >= 0.3 is 0 Å². The van der Waals surface area contributed by atoms with E-state index >= 15 is 0 Å².